The molecule has 6 nitrogen and oxygen atoms in total. The third-order valence-electron chi connectivity index (χ3n) is 3.80. The standard InChI is InChI=1S/C19H20N4O2/c1-13(2)16-8-14(3)9-17(10-16)25-18-5-4-15(11-21-18)19(22-24)23-7-6-20-12-23/h4-13,24H,1-3H3/b22-19-. The Hall–Kier alpha value is -3.15. The summed E-state index contributed by atoms with van der Waals surface area (Å²) in [6.07, 6.45) is 6.46. The van der Waals surface area contributed by atoms with Crippen molar-refractivity contribution < 1.29 is 9.94 Å². The van der Waals surface area contributed by atoms with Crippen LogP contribution in [0, 0.1) is 6.92 Å². The highest BCUT2D eigenvalue weighted by molar-refractivity contribution is 5.99. The van der Waals surface area contributed by atoms with Crippen LogP contribution < -0.4 is 4.74 Å². The average Bonchev–Trinajstić information content (AvgIpc) is 3.11. The second kappa shape index (κ2) is 7.17. The minimum absolute atomic E-state index is 0.342. The molecule has 128 valence electrons. The van der Waals surface area contributed by atoms with E-state index in [0.29, 0.717) is 23.2 Å². The van der Waals surface area contributed by atoms with Crippen LogP contribution in [0.2, 0.25) is 0 Å². The summed E-state index contributed by atoms with van der Waals surface area (Å²) in [5.74, 6) is 2.01. The molecule has 0 radical (unpaired) electrons. The lowest BCUT2D eigenvalue weighted by atomic mass is 10.0. The predicted octanol–water partition coefficient (Wildman–Crippen LogP) is 4.19. The van der Waals surface area contributed by atoms with Crippen molar-refractivity contribution in [1.29, 1.82) is 0 Å². The monoisotopic (exact) mass is 336 g/mol. The van der Waals surface area contributed by atoms with E-state index in [4.69, 9.17) is 4.74 Å². The molecule has 3 rings (SSSR count). The minimum Gasteiger partial charge on any atom is -0.439 e. The van der Waals surface area contributed by atoms with Gasteiger partial charge in [0.1, 0.15) is 12.1 Å². The number of imidazole rings is 1. The zero-order chi connectivity index (χ0) is 17.8. The summed E-state index contributed by atoms with van der Waals surface area (Å²) in [4.78, 5) is 8.26. The topological polar surface area (TPSA) is 72.5 Å². The molecule has 0 atom stereocenters. The van der Waals surface area contributed by atoms with E-state index < -0.39 is 0 Å². The predicted molar refractivity (Wildman–Crippen MR) is 95.5 cm³/mol. The number of nitrogens with zero attached hydrogens (tertiary/aromatic N) is 4. The first-order valence-electron chi connectivity index (χ1n) is 8.03. The number of rotatable bonds is 4. The van der Waals surface area contributed by atoms with Crippen molar-refractivity contribution in [1.82, 2.24) is 14.5 Å². The van der Waals surface area contributed by atoms with Gasteiger partial charge in [-0.3, -0.25) is 4.57 Å². The van der Waals surface area contributed by atoms with Crippen LogP contribution in [-0.2, 0) is 0 Å². The maximum absolute atomic E-state index is 9.25. The van der Waals surface area contributed by atoms with Gasteiger partial charge in [0.05, 0.1) is 0 Å². The van der Waals surface area contributed by atoms with Crippen LogP contribution in [0.4, 0.5) is 0 Å². The van der Waals surface area contributed by atoms with E-state index in [1.54, 1.807) is 41.6 Å². The number of ether oxygens (including phenoxy) is 1. The summed E-state index contributed by atoms with van der Waals surface area (Å²) in [5.41, 5.74) is 3.02. The maximum atomic E-state index is 9.25. The van der Waals surface area contributed by atoms with Crippen molar-refractivity contribution in [2.45, 2.75) is 26.7 Å². The zero-order valence-electron chi connectivity index (χ0n) is 14.4. The third-order valence-corrected chi connectivity index (χ3v) is 3.80. The van der Waals surface area contributed by atoms with E-state index in [1.807, 2.05) is 19.1 Å². The van der Waals surface area contributed by atoms with Gasteiger partial charge in [-0.15, -0.1) is 0 Å². The fraction of sp³-hybridized carbons (Fsp3) is 0.211. The number of oxime groups is 1. The van der Waals surface area contributed by atoms with Gasteiger partial charge in [0, 0.05) is 30.2 Å². The molecule has 0 fully saturated rings. The molecule has 6 heteroatoms. The fourth-order valence-corrected chi connectivity index (χ4v) is 2.51. The Bertz CT molecular complexity index is 869. The molecule has 0 unspecified atom stereocenters. The highest BCUT2D eigenvalue weighted by Crippen LogP contribution is 2.26. The van der Waals surface area contributed by atoms with E-state index >= 15 is 0 Å². The van der Waals surface area contributed by atoms with Crippen LogP contribution in [0.15, 0.2) is 60.4 Å². The molecule has 0 amide bonds. The Morgan fingerprint density at radius 3 is 2.68 bits per heavy atom. The molecule has 1 aromatic carbocycles. The maximum Gasteiger partial charge on any atom is 0.219 e. The van der Waals surface area contributed by atoms with Crippen molar-refractivity contribution >= 4 is 5.84 Å². The van der Waals surface area contributed by atoms with Crippen molar-refractivity contribution in [3.63, 3.8) is 0 Å². The Balaban J connectivity index is 1.82. The molecule has 0 aliphatic heterocycles. The molecule has 2 heterocycles. The van der Waals surface area contributed by atoms with Crippen LogP contribution >= 0.6 is 0 Å². The van der Waals surface area contributed by atoms with Gasteiger partial charge in [-0.05, 0) is 42.2 Å². The number of benzene rings is 1. The summed E-state index contributed by atoms with van der Waals surface area (Å²) >= 11 is 0. The van der Waals surface area contributed by atoms with E-state index in [9.17, 15) is 5.21 Å². The quantitative estimate of drug-likeness (QED) is 0.336. The number of pyridine rings is 1. The van der Waals surface area contributed by atoms with Gasteiger partial charge in [0.15, 0.2) is 5.84 Å². The number of hydrogen-bond acceptors (Lipinski definition) is 5. The molecule has 0 aliphatic carbocycles. The first-order chi connectivity index (χ1) is 12.1. The third kappa shape index (κ3) is 3.85. The van der Waals surface area contributed by atoms with E-state index in [-0.39, 0.29) is 0 Å². The van der Waals surface area contributed by atoms with E-state index in [2.05, 4.69) is 35.0 Å². The normalized spacial score (nSPS) is 11.8. The largest absolute Gasteiger partial charge is 0.439 e. The zero-order valence-corrected chi connectivity index (χ0v) is 14.4. The first kappa shape index (κ1) is 16.7. The molecule has 0 aliphatic rings. The van der Waals surface area contributed by atoms with Crippen LogP contribution in [0.1, 0.15) is 36.5 Å². The summed E-state index contributed by atoms with van der Waals surface area (Å²) in [6, 6.07) is 9.70. The van der Waals surface area contributed by atoms with Gasteiger partial charge in [-0.1, -0.05) is 25.1 Å². The molecule has 0 bridgehead atoms. The van der Waals surface area contributed by atoms with Crippen LogP contribution in [-0.4, -0.2) is 25.6 Å². The molecule has 2 aromatic heterocycles. The lowest BCUT2D eigenvalue weighted by Crippen LogP contribution is -2.11. The molecular weight excluding hydrogens is 316 g/mol. The van der Waals surface area contributed by atoms with Gasteiger partial charge >= 0.3 is 0 Å². The minimum atomic E-state index is 0.342. The molecule has 3 aromatic rings. The van der Waals surface area contributed by atoms with Crippen molar-refractivity contribution in [2.24, 2.45) is 5.16 Å². The molecule has 1 N–H and O–H groups in total. The second-order valence-corrected chi connectivity index (χ2v) is 6.11. The van der Waals surface area contributed by atoms with E-state index in [0.717, 1.165) is 11.3 Å². The summed E-state index contributed by atoms with van der Waals surface area (Å²) in [5, 5.41) is 12.6. The van der Waals surface area contributed by atoms with Gasteiger partial charge in [-0.2, -0.15) is 0 Å². The highest BCUT2D eigenvalue weighted by Gasteiger charge is 2.09. The lowest BCUT2D eigenvalue weighted by molar-refractivity contribution is 0.317. The van der Waals surface area contributed by atoms with Gasteiger partial charge in [0.2, 0.25) is 5.88 Å². The number of aromatic nitrogens is 3. The smallest absolute Gasteiger partial charge is 0.219 e. The van der Waals surface area contributed by atoms with Gasteiger partial charge in [-0.25, -0.2) is 9.97 Å². The van der Waals surface area contributed by atoms with Gasteiger partial charge < -0.3 is 9.94 Å². The Kier molecular flexibility index (Phi) is 4.79. The lowest BCUT2D eigenvalue weighted by Gasteiger charge is -2.11. The van der Waals surface area contributed by atoms with Crippen molar-refractivity contribution in [3.05, 3.63) is 71.9 Å². The number of aryl methyl sites for hydroxylation is 1. The molecule has 25 heavy (non-hydrogen) atoms. The summed E-state index contributed by atoms with van der Waals surface area (Å²) in [7, 11) is 0. The Morgan fingerprint density at radius 1 is 1.24 bits per heavy atom. The molecule has 0 spiro atoms. The van der Waals surface area contributed by atoms with Crippen molar-refractivity contribution in [2.75, 3.05) is 0 Å². The van der Waals surface area contributed by atoms with Crippen molar-refractivity contribution in [3.8, 4) is 11.6 Å². The SMILES string of the molecule is Cc1cc(Oc2ccc(/C(=N/O)n3ccnc3)cn2)cc(C(C)C)c1. The molecule has 0 saturated carbocycles. The number of hydrogen-bond donors (Lipinski definition) is 1. The van der Waals surface area contributed by atoms with E-state index in [1.165, 1.54) is 5.56 Å². The van der Waals surface area contributed by atoms with Crippen LogP contribution in [0.5, 0.6) is 11.6 Å². The Labute approximate surface area is 146 Å². The Morgan fingerprint density at radius 2 is 2.08 bits per heavy atom. The highest BCUT2D eigenvalue weighted by atomic mass is 16.5. The summed E-state index contributed by atoms with van der Waals surface area (Å²) in [6.45, 7) is 6.35. The molecular formula is C19H20N4O2. The van der Waals surface area contributed by atoms with Crippen LogP contribution in [0.3, 0.4) is 0 Å². The summed E-state index contributed by atoms with van der Waals surface area (Å²) < 4.78 is 7.48. The fourth-order valence-electron chi connectivity index (χ4n) is 2.51. The second-order valence-electron chi connectivity index (χ2n) is 6.11. The van der Waals surface area contributed by atoms with Crippen LogP contribution in [0.25, 0.3) is 0 Å². The first-order valence-corrected chi connectivity index (χ1v) is 8.03. The average molecular weight is 336 g/mol. The van der Waals surface area contributed by atoms with Gasteiger partial charge in [0.25, 0.3) is 0 Å². The molecule has 0 saturated heterocycles.